The number of anilines is 1. The van der Waals surface area contributed by atoms with E-state index < -0.39 is 0 Å². The molecule has 0 radical (unpaired) electrons. The van der Waals surface area contributed by atoms with Crippen molar-refractivity contribution in [3.05, 3.63) is 22.9 Å². The number of piperidine rings is 1. The molecule has 3 rings (SSSR count). The first-order valence-electron chi connectivity index (χ1n) is 8.32. The zero-order valence-electron chi connectivity index (χ0n) is 13.4. The van der Waals surface area contributed by atoms with Gasteiger partial charge in [-0.05, 0) is 64.3 Å². The molecule has 2 heterocycles. The van der Waals surface area contributed by atoms with Gasteiger partial charge in [0.15, 0.2) is 0 Å². The molecule has 0 saturated carbocycles. The summed E-state index contributed by atoms with van der Waals surface area (Å²) in [6, 6.07) is 3.04. The third-order valence-electron chi connectivity index (χ3n) is 5.07. The molecule has 4 nitrogen and oxygen atoms in total. The van der Waals surface area contributed by atoms with E-state index >= 15 is 0 Å². The second-order valence-corrected chi connectivity index (χ2v) is 6.67. The molecule has 1 aliphatic carbocycles. The number of fused-ring (bicyclic) bond motifs is 1. The Bertz CT molecular complexity index is 490. The van der Waals surface area contributed by atoms with Gasteiger partial charge in [-0.25, -0.2) is 4.98 Å². The van der Waals surface area contributed by atoms with Crippen molar-refractivity contribution in [2.75, 3.05) is 32.1 Å². The highest BCUT2D eigenvalue weighted by Crippen LogP contribution is 2.28. The molecular formula is C17H28N4. The van der Waals surface area contributed by atoms with Crippen LogP contribution < -0.4 is 10.6 Å². The van der Waals surface area contributed by atoms with Crippen molar-refractivity contribution < 1.29 is 0 Å². The molecule has 2 N–H and O–H groups in total. The lowest BCUT2D eigenvalue weighted by molar-refractivity contribution is 0.249. The minimum absolute atomic E-state index is 0.600. The van der Waals surface area contributed by atoms with Gasteiger partial charge in [0.05, 0.1) is 0 Å². The molecule has 116 valence electrons. The molecule has 0 bridgehead atoms. The molecule has 0 amide bonds. The summed E-state index contributed by atoms with van der Waals surface area (Å²) < 4.78 is 0. The Balaban J connectivity index is 1.81. The summed E-state index contributed by atoms with van der Waals surface area (Å²) in [7, 11) is 4.37. The number of rotatable bonds is 3. The average molecular weight is 288 g/mol. The van der Waals surface area contributed by atoms with Crippen molar-refractivity contribution >= 4 is 5.82 Å². The molecule has 4 heteroatoms. The first-order chi connectivity index (χ1) is 10.2. The second kappa shape index (κ2) is 6.32. The molecule has 1 aromatic rings. The number of aromatic nitrogens is 1. The Hall–Kier alpha value is -1.13. The SMILES string of the molecule is CN(C)C1CCN(c2nc3c(cc2CN)CCCC3)CC1. The molecule has 0 aromatic carbocycles. The quantitative estimate of drug-likeness (QED) is 0.923. The molecule has 0 spiro atoms. The summed E-state index contributed by atoms with van der Waals surface area (Å²) in [5, 5.41) is 0. The van der Waals surface area contributed by atoms with Gasteiger partial charge in [0.2, 0.25) is 0 Å². The van der Waals surface area contributed by atoms with Gasteiger partial charge in [0.1, 0.15) is 5.82 Å². The molecule has 1 aromatic heterocycles. The van der Waals surface area contributed by atoms with Crippen LogP contribution >= 0.6 is 0 Å². The minimum atomic E-state index is 0.600. The monoisotopic (exact) mass is 288 g/mol. The fourth-order valence-electron chi connectivity index (χ4n) is 3.69. The predicted octanol–water partition coefficient (Wildman–Crippen LogP) is 1.95. The molecule has 2 aliphatic rings. The summed E-state index contributed by atoms with van der Waals surface area (Å²) in [5.74, 6) is 1.16. The summed E-state index contributed by atoms with van der Waals surface area (Å²) in [5.41, 5.74) is 9.99. The summed E-state index contributed by atoms with van der Waals surface area (Å²) in [6.07, 6.45) is 7.33. The number of hydrogen-bond donors (Lipinski definition) is 1. The molecule has 21 heavy (non-hydrogen) atoms. The molecule has 0 atom stereocenters. The van der Waals surface area contributed by atoms with E-state index in [1.54, 1.807) is 0 Å². The van der Waals surface area contributed by atoms with Crippen LogP contribution in [0.3, 0.4) is 0 Å². The van der Waals surface area contributed by atoms with E-state index in [9.17, 15) is 0 Å². The Labute approximate surface area is 128 Å². The predicted molar refractivity (Wildman–Crippen MR) is 87.7 cm³/mol. The van der Waals surface area contributed by atoms with Gasteiger partial charge in [-0.3, -0.25) is 0 Å². The van der Waals surface area contributed by atoms with Gasteiger partial charge in [0, 0.05) is 36.9 Å². The summed E-state index contributed by atoms with van der Waals surface area (Å²) >= 11 is 0. The minimum Gasteiger partial charge on any atom is -0.356 e. The van der Waals surface area contributed by atoms with Crippen molar-refractivity contribution in [3.8, 4) is 0 Å². The maximum Gasteiger partial charge on any atom is 0.133 e. The number of hydrogen-bond acceptors (Lipinski definition) is 4. The maximum absolute atomic E-state index is 5.99. The second-order valence-electron chi connectivity index (χ2n) is 6.67. The standard InChI is InChI=1S/C17H28N4/c1-20(2)15-7-9-21(10-8-15)17-14(12-18)11-13-5-3-4-6-16(13)19-17/h11,15H,3-10,12,18H2,1-2H3. The van der Waals surface area contributed by atoms with Crippen molar-refractivity contribution in [2.24, 2.45) is 5.73 Å². The zero-order chi connectivity index (χ0) is 14.8. The number of pyridine rings is 1. The van der Waals surface area contributed by atoms with Crippen LogP contribution in [-0.4, -0.2) is 43.1 Å². The van der Waals surface area contributed by atoms with E-state index in [0.717, 1.165) is 25.3 Å². The lowest BCUT2D eigenvalue weighted by Crippen LogP contribution is -2.42. The molecule has 1 saturated heterocycles. The van der Waals surface area contributed by atoms with Crippen LogP contribution in [-0.2, 0) is 19.4 Å². The topological polar surface area (TPSA) is 45.4 Å². The van der Waals surface area contributed by atoms with Crippen LogP contribution in [0.2, 0.25) is 0 Å². The zero-order valence-corrected chi connectivity index (χ0v) is 13.4. The van der Waals surface area contributed by atoms with E-state index in [2.05, 4.69) is 30.0 Å². The van der Waals surface area contributed by atoms with E-state index in [-0.39, 0.29) is 0 Å². The van der Waals surface area contributed by atoms with Gasteiger partial charge in [-0.15, -0.1) is 0 Å². The Morgan fingerprint density at radius 2 is 1.95 bits per heavy atom. The van der Waals surface area contributed by atoms with Crippen LogP contribution in [0.15, 0.2) is 6.07 Å². The first kappa shape index (κ1) is 14.8. The average Bonchev–Trinajstić information content (AvgIpc) is 2.53. The van der Waals surface area contributed by atoms with Gasteiger partial charge < -0.3 is 15.5 Å². The summed E-state index contributed by atoms with van der Waals surface area (Å²) in [6.45, 7) is 2.80. The van der Waals surface area contributed by atoms with Crippen molar-refractivity contribution in [3.63, 3.8) is 0 Å². The lowest BCUT2D eigenvalue weighted by atomic mass is 9.94. The Morgan fingerprint density at radius 3 is 2.62 bits per heavy atom. The molecule has 1 fully saturated rings. The van der Waals surface area contributed by atoms with Crippen LogP contribution in [0.4, 0.5) is 5.82 Å². The molecule has 1 aliphatic heterocycles. The van der Waals surface area contributed by atoms with Crippen molar-refractivity contribution in [2.45, 2.75) is 51.1 Å². The highest BCUT2D eigenvalue weighted by molar-refractivity contribution is 5.51. The van der Waals surface area contributed by atoms with Crippen LogP contribution in [0, 0.1) is 0 Å². The Kier molecular flexibility index (Phi) is 4.45. The van der Waals surface area contributed by atoms with Crippen molar-refractivity contribution in [1.82, 2.24) is 9.88 Å². The van der Waals surface area contributed by atoms with Crippen LogP contribution in [0.5, 0.6) is 0 Å². The fraction of sp³-hybridized carbons (Fsp3) is 0.706. The van der Waals surface area contributed by atoms with Crippen LogP contribution in [0.1, 0.15) is 42.5 Å². The highest BCUT2D eigenvalue weighted by atomic mass is 15.2. The van der Waals surface area contributed by atoms with E-state index in [4.69, 9.17) is 10.7 Å². The van der Waals surface area contributed by atoms with Gasteiger partial charge in [0.25, 0.3) is 0 Å². The fourth-order valence-corrected chi connectivity index (χ4v) is 3.69. The lowest BCUT2D eigenvalue weighted by Gasteiger charge is -2.37. The van der Waals surface area contributed by atoms with E-state index in [0.29, 0.717) is 12.6 Å². The number of nitrogens with two attached hydrogens (primary N) is 1. The third kappa shape index (κ3) is 3.06. The number of aryl methyl sites for hydroxylation is 2. The molecular weight excluding hydrogens is 260 g/mol. The largest absolute Gasteiger partial charge is 0.356 e. The maximum atomic E-state index is 5.99. The number of nitrogens with zero attached hydrogens (tertiary/aromatic N) is 3. The van der Waals surface area contributed by atoms with E-state index in [1.165, 1.54) is 48.9 Å². The van der Waals surface area contributed by atoms with Gasteiger partial charge in [-0.2, -0.15) is 0 Å². The van der Waals surface area contributed by atoms with Gasteiger partial charge in [-0.1, -0.05) is 0 Å². The van der Waals surface area contributed by atoms with Crippen LogP contribution in [0.25, 0.3) is 0 Å². The third-order valence-corrected chi connectivity index (χ3v) is 5.07. The van der Waals surface area contributed by atoms with E-state index in [1.807, 2.05) is 0 Å². The normalized spacial score (nSPS) is 19.9. The summed E-state index contributed by atoms with van der Waals surface area (Å²) in [4.78, 5) is 9.81. The van der Waals surface area contributed by atoms with Gasteiger partial charge >= 0.3 is 0 Å². The Morgan fingerprint density at radius 1 is 1.24 bits per heavy atom. The molecule has 0 unspecified atom stereocenters. The smallest absolute Gasteiger partial charge is 0.133 e. The van der Waals surface area contributed by atoms with Crippen molar-refractivity contribution in [1.29, 1.82) is 0 Å². The first-order valence-corrected chi connectivity index (χ1v) is 8.32. The highest BCUT2D eigenvalue weighted by Gasteiger charge is 2.24.